The van der Waals surface area contributed by atoms with Gasteiger partial charge in [-0.05, 0) is 24.7 Å². The minimum atomic E-state index is -0.341. The topological polar surface area (TPSA) is 59.7 Å². The monoisotopic (exact) mass is 258 g/mol. The lowest BCUT2D eigenvalue weighted by Gasteiger charge is -2.06. The Hall–Kier alpha value is -0.940. The van der Waals surface area contributed by atoms with Gasteiger partial charge in [0.2, 0.25) is 0 Å². The summed E-state index contributed by atoms with van der Waals surface area (Å²) < 4.78 is 10.2. The standard InChI is InChI=1S/C12H18O4S/c1-3-15-12(14)10-4-5-16-11(10)8-17-7-9(2)6-13/h4-5,9,13H,3,6-8H2,1-2H3. The molecule has 0 fully saturated rings. The van der Waals surface area contributed by atoms with Crippen LogP contribution < -0.4 is 0 Å². The Kier molecular flexibility index (Phi) is 6.15. The number of ether oxygens (including phenoxy) is 1. The Bertz CT molecular complexity index is 348. The van der Waals surface area contributed by atoms with E-state index in [0.29, 0.717) is 23.7 Å². The number of thioether (sulfide) groups is 1. The maximum Gasteiger partial charge on any atom is 0.341 e. The van der Waals surface area contributed by atoms with Crippen molar-refractivity contribution in [1.29, 1.82) is 0 Å². The second-order valence-corrected chi connectivity index (χ2v) is 4.81. The van der Waals surface area contributed by atoms with E-state index in [4.69, 9.17) is 14.3 Å². The molecule has 0 spiro atoms. The van der Waals surface area contributed by atoms with E-state index in [1.807, 2.05) is 6.92 Å². The van der Waals surface area contributed by atoms with Gasteiger partial charge >= 0.3 is 5.97 Å². The molecular formula is C12H18O4S. The molecule has 96 valence electrons. The summed E-state index contributed by atoms with van der Waals surface area (Å²) in [5.41, 5.74) is 0.496. The number of furan rings is 1. The number of aliphatic hydroxyl groups excluding tert-OH is 1. The van der Waals surface area contributed by atoms with Crippen LogP contribution in [0.25, 0.3) is 0 Å². The smallest absolute Gasteiger partial charge is 0.341 e. The lowest BCUT2D eigenvalue weighted by molar-refractivity contribution is 0.0524. The average Bonchev–Trinajstić information content (AvgIpc) is 2.77. The Morgan fingerprint density at radius 3 is 3.06 bits per heavy atom. The minimum absolute atomic E-state index is 0.176. The Balaban J connectivity index is 2.48. The number of hydrogen-bond donors (Lipinski definition) is 1. The van der Waals surface area contributed by atoms with Crippen LogP contribution in [0.1, 0.15) is 30.0 Å². The number of carbonyl (C=O) groups is 1. The molecule has 1 aromatic heterocycles. The van der Waals surface area contributed by atoms with Crippen molar-refractivity contribution in [2.24, 2.45) is 5.92 Å². The van der Waals surface area contributed by atoms with Gasteiger partial charge in [-0.15, -0.1) is 0 Å². The fraction of sp³-hybridized carbons (Fsp3) is 0.583. The molecule has 1 aromatic rings. The molecule has 5 heteroatoms. The molecule has 0 saturated carbocycles. The van der Waals surface area contributed by atoms with E-state index in [-0.39, 0.29) is 18.5 Å². The highest BCUT2D eigenvalue weighted by Gasteiger charge is 2.15. The molecular weight excluding hydrogens is 240 g/mol. The largest absolute Gasteiger partial charge is 0.468 e. The molecule has 17 heavy (non-hydrogen) atoms. The van der Waals surface area contributed by atoms with Gasteiger partial charge in [0.05, 0.1) is 18.6 Å². The summed E-state index contributed by atoms with van der Waals surface area (Å²) in [4.78, 5) is 11.5. The summed E-state index contributed by atoms with van der Waals surface area (Å²) in [5.74, 6) is 2.00. The predicted octanol–water partition coefficient (Wildman–Crippen LogP) is 2.32. The van der Waals surface area contributed by atoms with Crippen molar-refractivity contribution in [3.05, 3.63) is 23.7 Å². The summed E-state index contributed by atoms with van der Waals surface area (Å²) in [5, 5.41) is 8.89. The molecule has 4 nitrogen and oxygen atoms in total. The average molecular weight is 258 g/mol. The summed E-state index contributed by atoms with van der Waals surface area (Å²) in [6.07, 6.45) is 1.50. The second kappa shape index (κ2) is 7.40. The molecule has 0 aliphatic heterocycles. The summed E-state index contributed by atoms with van der Waals surface area (Å²) in [6.45, 7) is 4.28. The van der Waals surface area contributed by atoms with Gasteiger partial charge in [0.15, 0.2) is 0 Å². The molecule has 1 N–H and O–H groups in total. The zero-order valence-corrected chi connectivity index (χ0v) is 11.0. The third-order valence-corrected chi connectivity index (χ3v) is 3.46. The van der Waals surface area contributed by atoms with Crippen molar-refractivity contribution in [3.63, 3.8) is 0 Å². The van der Waals surface area contributed by atoms with Crippen molar-refractivity contribution in [1.82, 2.24) is 0 Å². The quantitative estimate of drug-likeness (QED) is 0.760. The highest BCUT2D eigenvalue weighted by atomic mass is 32.2. The van der Waals surface area contributed by atoms with E-state index in [2.05, 4.69) is 0 Å². The van der Waals surface area contributed by atoms with Crippen LogP contribution in [0.5, 0.6) is 0 Å². The molecule has 1 atom stereocenters. The molecule has 0 aliphatic rings. The maximum absolute atomic E-state index is 11.5. The van der Waals surface area contributed by atoms with Crippen molar-refractivity contribution in [2.45, 2.75) is 19.6 Å². The fourth-order valence-corrected chi connectivity index (χ4v) is 2.28. The molecule has 0 amide bonds. The molecule has 0 saturated heterocycles. The van der Waals surface area contributed by atoms with Crippen LogP contribution in [0.3, 0.4) is 0 Å². The Morgan fingerprint density at radius 1 is 1.65 bits per heavy atom. The molecule has 1 rings (SSSR count). The normalized spacial score (nSPS) is 12.4. The summed E-state index contributed by atoms with van der Waals surface area (Å²) in [7, 11) is 0. The minimum Gasteiger partial charge on any atom is -0.468 e. The first-order chi connectivity index (χ1) is 8.19. The van der Waals surface area contributed by atoms with Gasteiger partial charge in [0.25, 0.3) is 0 Å². The zero-order valence-electron chi connectivity index (χ0n) is 10.1. The van der Waals surface area contributed by atoms with Crippen molar-refractivity contribution >= 4 is 17.7 Å². The number of carbonyl (C=O) groups excluding carboxylic acids is 1. The second-order valence-electron chi connectivity index (χ2n) is 3.78. The Labute approximate surface area is 105 Å². The molecule has 0 aromatic carbocycles. The predicted molar refractivity (Wildman–Crippen MR) is 67.1 cm³/mol. The van der Waals surface area contributed by atoms with E-state index < -0.39 is 0 Å². The van der Waals surface area contributed by atoms with Crippen LogP contribution in [0.4, 0.5) is 0 Å². The number of hydrogen-bond acceptors (Lipinski definition) is 5. The molecule has 0 bridgehead atoms. The van der Waals surface area contributed by atoms with Crippen molar-refractivity contribution in [2.75, 3.05) is 19.0 Å². The lowest BCUT2D eigenvalue weighted by Crippen LogP contribution is -2.06. The highest BCUT2D eigenvalue weighted by Crippen LogP contribution is 2.20. The third kappa shape index (κ3) is 4.44. The lowest BCUT2D eigenvalue weighted by atomic mass is 10.2. The van der Waals surface area contributed by atoms with Crippen LogP contribution in [0.2, 0.25) is 0 Å². The van der Waals surface area contributed by atoms with Crippen LogP contribution in [-0.4, -0.2) is 30.0 Å². The van der Waals surface area contributed by atoms with E-state index in [0.717, 1.165) is 5.75 Å². The van der Waals surface area contributed by atoms with E-state index in [1.165, 1.54) is 6.26 Å². The van der Waals surface area contributed by atoms with Gasteiger partial charge in [-0.1, -0.05) is 6.92 Å². The van der Waals surface area contributed by atoms with E-state index >= 15 is 0 Å². The highest BCUT2D eigenvalue weighted by molar-refractivity contribution is 7.98. The van der Waals surface area contributed by atoms with Crippen molar-refractivity contribution in [3.8, 4) is 0 Å². The first-order valence-electron chi connectivity index (χ1n) is 5.61. The third-order valence-electron chi connectivity index (χ3n) is 2.19. The fourth-order valence-electron chi connectivity index (χ4n) is 1.25. The summed E-state index contributed by atoms with van der Waals surface area (Å²) in [6, 6.07) is 1.63. The number of aliphatic hydroxyl groups is 1. The van der Waals surface area contributed by atoms with Crippen LogP contribution >= 0.6 is 11.8 Å². The molecule has 1 unspecified atom stereocenters. The zero-order chi connectivity index (χ0) is 12.7. The van der Waals surface area contributed by atoms with Gasteiger partial charge in [0.1, 0.15) is 11.3 Å². The molecule has 1 heterocycles. The molecule has 0 aliphatic carbocycles. The number of rotatable bonds is 7. The van der Waals surface area contributed by atoms with Gasteiger partial charge in [-0.25, -0.2) is 4.79 Å². The SMILES string of the molecule is CCOC(=O)c1ccoc1CSCC(C)CO. The first-order valence-corrected chi connectivity index (χ1v) is 6.76. The number of esters is 1. The van der Waals surface area contributed by atoms with Gasteiger partial charge in [-0.2, -0.15) is 11.8 Å². The van der Waals surface area contributed by atoms with E-state index in [9.17, 15) is 4.79 Å². The maximum atomic E-state index is 11.5. The van der Waals surface area contributed by atoms with Crippen LogP contribution in [0, 0.1) is 5.92 Å². The van der Waals surface area contributed by atoms with Gasteiger partial charge in [-0.3, -0.25) is 0 Å². The van der Waals surface area contributed by atoms with Crippen molar-refractivity contribution < 1.29 is 19.1 Å². The van der Waals surface area contributed by atoms with Crippen LogP contribution in [-0.2, 0) is 10.5 Å². The van der Waals surface area contributed by atoms with Gasteiger partial charge < -0.3 is 14.3 Å². The first kappa shape index (κ1) is 14.1. The van der Waals surface area contributed by atoms with Crippen LogP contribution in [0.15, 0.2) is 16.7 Å². The van der Waals surface area contributed by atoms with Gasteiger partial charge in [0, 0.05) is 6.61 Å². The summed E-state index contributed by atoms with van der Waals surface area (Å²) >= 11 is 1.63. The Morgan fingerprint density at radius 2 is 2.41 bits per heavy atom. The molecule has 0 radical (unpaired) electrons. The van der Waals surface area contributed by atoms with E-state index in [1.54, 1.807) is 24.8 Å².